The molecule has 0 saturated carbocycles. The van der Waals surface area contributed by atoms with E-state index in [-0.39, 0.29) is 5.92 Å². The molecule has 2 aromatic rings. The summed E-state index contributed by atoms with van der Waals surface area (Å²) in [5.41, 5.74) is 2.10. The second kappa shape index (κ2) is 6.91. The van der Waals surface area contributed by atoms with E-state index in [9.17, 15) is 5.11 Å². The summed E-state index contributed by atoms with van der Waals surface area (Å²) in [6, 6.07) is 20.0. The molecule has 0 aliphatic heterocycles. The predicted octanol–water partition coefficient (Wildman–Crippen LogP) is 4.47. The molecule has 0 bridgehead atoms. The van der Waals surface area contributed by atoms with E-state index >= 15 is 0 Å². The molecule has 0 aliphatic rings. The largest absolute Gasteiger partial charge is 0.387 e. The van der Waals surface area contributed by atoms with Gasteiger partial charge in [-0.1, -0.05) is 79.7 Å². The summed E-state index contributed by atoms with van der Waals surface area (Å²) in [4.78, 5) is 0. The van der Waals surface area contributed by atoms with Gasteiger partial charge in [-0.15, -0.1) is 0 Å². The molecular weight excluding hydrogens is 232 g/mol. The Labute approximate surface area is 115 Å². The molecule has 0 aromatic heterocycles. The molecule has 2 aromatic carbocycles. The molecule has 19 heavy (non-hydrogen) atoms. The van der Waals surface area contributed by atoms with Crippen LogP contribution in [0.3, 0.4) is 0 Å². The van der Waals surface area contributed by atoms with Crippen LogP contribution in [0.15, 0.2) is 72.8 Å². The highest BCUT2D eigenvalue weighted by atomic mass is 16.3. The minimum Gasteiger partial charge on any atom is -0.387 e. The molecule has 2 atom stereocenters. The van der Waals surface area contributed by atoms with Crippen molar-refractivity contribution >= 4 is 0 Å². The molecule has 0 aliphatic carbocycles. The Kier molecular flexibility index (Phi) is 4.93. The number of rotatable bonds is 5. The minimum atomic E-state index is -0.508. The van der Waals surface area contributed by atoms with Gasteiger partial charge in [0.1, 0.15) is 0 Å². The van der Waals surface area contributed by atoms with Crippen molar-refractivity contribution in [1.82, 2.24) is 0 Å². The number of hydrogen-bond acceptors (Lipinski definition) is 1. The second-order valence-corrected chi connectivity index (χ2v) is 4.63. The van der Waals surface area contributed by atoms with Gasteiger partial charge in [-0.05, 0) is 17.5 Å². The van der Waals surface area contributed by atoms with Gasteiger partial charge in [-0.25, -0.2) is 0 Å². The third-order valence-electron chi connectivity index (χ3n) is 3.24. The van der Waals surface area contributed by atoms with Crippen molar-refractivity contribution in [3.63, 3.8) is 0 Å². The molecule has 98 valence electrons. The fourth-order valence-corrected chi connectivity index (χ4v) is 2.21. The van der Waals surface area contributed by atoms with Gasteiger partial charge in [0.2, 0.25) is 0 Å². The summed E-state index contributed by atoms with van der Waals surface area (Å²) in [7, 11) is 0. The van der Waals surface area contributed by atoms with Gasteiger partial charge in [0.25, 0.3) is 0 Å². The van der Waals surface area contributed by atoms with Crippen molar-refractivity contribution in [1.29, 1.82) is 0 Å². The van der Waals surface area contributed by atoms with Crippen LogP contribution in [0.1, 0.15) is 36.5 Å². The maximum atomic E-state index is 10.6. The summed E-state index contributed by atoms with van der Waals surface area (Å²) in [6.07, 6.45) is 4.69. The van der Waals surface area contributed by atoms with Gasteiger partial charge in [0.15, 0.2) is 0 Å². The highest BCUT2D eigenvalue weighted by Gasteiger charge is 2.19. The minimum absolute atomic E-state index is 0.00329. The molecule has 1 N–H and O–H groups in total. The smallest absolute Gasteiger partial charge is 0.0893 e. The average molecular weight is 252 g/mol. The summed E-state index contributed by atoms with van der Waals surface area (Å²) >= 11 is 0. The maximum Gasteiger partial charge on any atom is 0.0893 e. The van der Waals surface area contributed by atoms with Crippen molar-refractivity contribution in [3.8, 4) is 0 Å². The molecule has 0 radical (unpaired) electrons. The van der Waals surface area contributed by atoms with Gasteiger partial charge >= 0.3 is 0 Å². The first-order chi connectivity index (χ1) is 9.33. The van der Waals surface area contributed by atoms with E-state index in [0.717, 1.165) is 17.5 Å². The Morgan fingerprint density at radius 3 is 1.95 bits per heavy atom. The molecule has 0 unspecified atom stereocenters. The van der Waals surface area contributed by atoms with Gasteiger partial charge in [-0.2, -0.15) is 0 Å². The summed E-state index contributed by atoms with van der Waals surface area (Å²) < 4.78 is 0. The summed E-state index contributed by atoms with van der Waals surface area (Å²) in [5.74, 6) is 0.00329. The van der Waals surface area contributed by atoms with Crippen molar-refractivity contribution in [3.05, 3.63) is 83.9 Å². The van der Waals surface area contributed by atoms with E-state index in [1.54, 1.807) is 0 Å². The molecule has 1 heteroatoms. The topological polar surface area (TPSA) is 20.2 Å². The second-order valence-electron chi connectivity index (χ2n) is 4.63. The lowest BCUT2D eigenvalue weighted by Crippen LogP contribution is -2.08. The van der Waals surface area contributed by atoms with Gasteiger partial charge in [0.05, 0.1) is 6.10 Å². The lowest BCUT2D eigenvalue weighted by molar-refractivity contribution is 0.161. The Morgan fingerprint density at radius 1 is 0.895 bits per heavy atom. The highest BCUT2D eigenvalue weighted by Crippen LogP contribution is 2.32. The molecule has 0 fully saturated rings. The Hall–Kier alpha value is -1.86. The fourth-order valence-electron chi connectivity index (χ4n) is 2.21. The zero-order valence-electron chi connectivity index (χ0n) is 11.2. The van der Waals surface area contributed by atoms with Crippen LogP contribution in [0.5, 0.6) is 0 Å². The molecule has 0 heterocycles. The Balaban J connectivity index is 2.31. The standard InChI is InChI=1S/C18H20O/c1-2-3-14-17(15-10-6-4-7-11-15)18(19)16-12-8-5-9-13-16/h3-14,17-19H,2H2,1H3/b14-3+/t17-,18-/m0/s1. The van der Waals surface area contributed by atoms with Crippen LogP contribution in [0.2, 0.25) is 0 Å². The fraction of sp³-hybridized carbons (Fsp3) is 0.222. The molecular formula is C18H20O. The van der Waals surface area contributed by atoms with E-state index in [1.165, 1.54) is 0 Å². The zero-order chi connectivity index (χ0) is 13.5. The molecule has 0 spiro atoms. The van der Waals surface area contributed by atoms with Gasteiger partial charge < -0.3 is 5.11 Å². The zero-order valence-corrected chi connectivity index (χ0v) is 11.2. The quantitative estimate of drug-likeness (QED) is 0.778. The van der Waals surface area contributed by atoms with E-state index in [2.05, 4.69) is 31.2 Å². The third-order valence-corrected chi connectivity index (χ3v) is 3.24. The Morgan fingerprint density at radius 2 is 1.42 bits per heavy atom. The van der Waals surface area contributed by atoms with E-state index in [4.69, 9.17) is 0 Å². The average Bonchev–Trinajstić information content (AvgIpc) is 2.49. The Bertz CT molecular complexity index is 502. The van der Waals surface area contributed by atoms with Crippen molar-refractivity contribution in [2.75, 3.05) is 0 Å². The van der Waals surface area contributed by atoms with Crippen LogP contribution in [-0.2, 0) is 0 Å². The number of benzene rings is 2. The monoisotopic (exact) mass is 252 g/mol. The van der Waals surface area contributed by atoms with E-state index in [0.29, 0.717) is 0 Å². The highest BCUT2D eigenvalue weighted by molar-refractivity contribution is 5.30. The van der Waals surface area contributed by atoms with Crippen molar-refractivity contribution < 1.29 is 5.11 Å². The first kappa shape index (κ1) is 13.6. The molecule has 2 rings (SSSR count). The van der Waals surface area contributed by atoms with Gasteiger partial charge in [-0.3, -0.25) is 0 Å². The first-order valence-corrected chi connectivity index (χ1v) is 6.77. The lowest BCUT2D eigenvalue weighted by atomic mass is 9.88. The van der Waals surface area contributed by atoms with Crippen LogP contribution in [0.4, 0.5) is 0 Å². The van der Waals surface area contributed by atoms with E-state index in [1.807, 2.05) is 48.5 Å². The normalized spacial score (nSPS) is 14.4. The van der Waals surface area contributed by atoms with Crippen LogP contribution in [0.25, 0.3) is 0 Å². The summed E-state index contributed by atoms with van der Waals surface area (Å²) in [5, 5.41) is 10.6. The van der Waals surface area contributed by atoms with Crippen LogP contribution in [-0.4, -0.2) is 5.11 Å². The number of aliphatic hydroxyl groups excluding tert-OH is 1. The van der Waals surface area contributed by atoms with Crippen LogP contribution in [0, 0.1) is 0 Å². The predicted molar refractivity (Wildman–Crippen MR) is 80.0 cm³/mol. The van der Waals surface area contributed by atoms with Gasteiger partial charge in [0, 0.05) is 5.92 Å². The third kappa shape index (κ3) is 3.55. The van der Waals surface area contributed by atoms with Crippen LogP contribution < -0.4 is 0 Å². The SMILES string of the molecule is CC/C=C/[C@@H](c1ccccc1)[C@@H](O)c1ccccc1. The summed E-state index contributed by atoms with van der Waals surface area (Å²) in [6.45, 7) is 2.10. The molecule has 1 nitrogen and oxygen atoms in total. The molecule has 0 amide bonds. The maximum absolute atomic E-state index is 10.6. The number of allylic oxidation sites excluding steroid dienone is 1. The first-order valence-electron chi connectivity index (χ1n) is 6.77. The number of hydrogen-bond donors (Lipinski definition) is 1. The molecule has 0 saturated heterocycles. The van der Waals surface area contributed by atoms with Crippen LogP contribution >= 0.6 is 0 Å². The van der Waals surface area contributed by atoms with Crippen molar-refractivity contribution in [2.45, 2.75) is 25.4 Å². The van der Waals surface area contributed by atoms with E-state index < -0.39 is 6.10 Å². The van der Waals surface area contributed by atoms with Crippen molar-refractivity contribution in [2.24, 2.45) is 0 Å². The number of aliphatic hydroxyl groups is 1. The lowest BCUT2D eigenvalue weighted by Gasteiger charge is -2.21.